The molecule has 0 heterocycles. The van der Waals surface area contributed by atoms with Crippen LogP contribution in [0.2, 0.25) is 19.6 Å². The first-order valence-corrected chi connectivity index (χ1v) is 9.69. The maximum atomic E-state index is 11.4. The molecule has 1 unspecified atom stereocenters. The summed E-state index contributed by atoms with van der Waals surface area (Å²) < 4.78 is 10.4. The van der Waals surface area contributed by atoms with E-state index < -0.39 is 20.3 Å². The molecule has 5 nitrogen and oxygen atoms in total. The zero-order chi connectivity index (χ0) is 15.2. The maximum Gasteiger partial charge on any atom is 0.331 e. The molecule has 20 heavy (non-hydrogen) atoms. The van der Waals surface area contributed by atoms with E-state index >= 15 is 0 Å². The van der Waals surface area contributed by atoms with Gasteiger partial charge in [0.2, 0.25) is 14.4 Å². The summed E-state index contributed by atoms with van der Waals surface area (Å²) in [5, 5.41) is 0. The number of aliphatic imine (C=N–C) groups is 1. The summed E-state index contributed by atoms with van der Waals surface area (Å²) in [5.74, 6) is 0.261. The molecule has 0 aromatic heterocycles. The second-order valence-corrected chi connectivity index (χ2v) is 9.75. The largest absolute Gasteiger partial charge is 0.544 e. The molecule has 1 rings (SSSR count). The van der Waals surface area contributed by atoms with Gasteiger partial charge >= 0.3 is 5.97 Å². The van der Waals surface area contributed by atoms with Crippen LogP contribution >= 0.6 is 0 Å². The van der Waals surface area contributed by atoms with Gasteiger partial charge in [0.25, 0.3) is 0 Å². The lowest BCUT2D eigenvalue weighted by atomic mass is 10.1. The molecule has 0 aliphatic heterocycles. The minimum Gasteiger partial charge on any atom is -0.544 e. The van der Waals surface area contributed by atoms with E-state index in [0.717, 1.165) is 11.3 Å². The molecule has 0 amide bonds. The van der Waals surface area contributed by atoms with Gasteiger partial charge < -0.3 is 9.16 Å². The fourth-order valence-electron chi connectivity index (χ4n) is 1.65. The lowest BCUT2D eigenvalue weighted by Crippen LogP contribution is -2.29. The van der Waals surface area contributed by atoms with Gasteiger partial charge in [0.15, 0.2) is 6.04 Å². The van der Waals surface area contributed by atoms with Crippen LogP contribution < -0.4 is 4.43 Å². The average molecular weight is 293 g/mol. The van der Waals surface area contributed by atoms with Gasteiger partial charge in [0.05, 0.1) is 7.11 Å². The number of rotatable bonds is 6. The number of benzene rings is 1. The van der Waals surface area contributed by atoms with Crippen molar-refractivity contribution < 1.29 is 18.8 Å². The Hall–Kier alpha value is -1.91. The number of methoxy groups -OCH3 is 1. The van der Waals surface area contributed by atoms with E-state index in [-0.39, 0.29) is 0 Å². The summed E-state index contributed by atoms with van der Waals surface area (Å²) in [6.07, 6.45) is 1.70. The SMILES string of the molecule is COC(=O)C(Cc1ccc(O[Si](C)(C)C)cc1)N=C=O. The summed E-state index contributed by atoms with van der Waals surface area (Å²) in [6, 6.07) is 6.57. The highest BCUT2D eigenvalue weighted by atomic mass is 28.4. The second kappa shape index (κ2) is 7.03. The van der Waals surface area contributed by atoms with Crippen LogP contribution in [0.15, 0.2) is 29.3 Å². The van der Waals surface area contributed by atoms with Crippen LogP contribution in [-0.4, -0.2) is 33.5 Å². The summed E-state index contributed by atoms with van der Waals surface area (Å²) in [4.78, 5) is 25.2. The van der Waals surface area contributed by atoms with Crippen LogP contribution in [0.3, 0.4) is 0 Å². The van der Waals surface area contributed by atoms with E-state index in [2.05, 4.69) is 29.4 Å². The second-order valence-electron chi connectivity index (χ2n) is 5.32. The van der Waals surface area contributed by atoms with E-state index in [1.165, 1.54) is 13.2 Å². The quantitative estimate of drug-likeness (QED) is 0.349. The van der Waals surface area contributed by atoms with E-state index in [0.29, 0.717) is 6.42 Å². The van der Waals surface area contributed by atoms with Gasteiger partial charge in [0.1, 0.15) is 5.75 Å². The Kier molecular flexibility index (Phi) is 5.67. The number of esters is 1. The molecule has 0 saturated carbocycles. The van der Waals surface area contributed by atoms with E-state index in [4.69, 9.17) is 4.43 Å². The molecule has 0 radical (unpaired) electrons. The van der Waals surface area contributed by atoms with Crippen molar-refractivity contribution >= 4 is 20.4 Å². The van der Waals surface area contributed by atoms with Crippen molar-refractivity contribution in [1.29, 1.82) is 0 Å². The predicted molar refractivity (Wildman–Crippen MR) is 78.0 cm³/mol. The number of carbonyl (C=O) groups is 1. The Morgan fingerprint density at radius 2 is 1.90 bits per heavy atom. The molecular weight excluding hydrogens is 274 g/mol. The number of nitrogens with zero attached hydrogens (tertiary/aromatic N) is 1. The molecule has 0 fully saturated rings. The predicted octanol–water partition coefficient (Wildman–Crippen LogP) is 2.32. The zero-order valence-corrected chi connectivity index (χ0v) is 13.2. The number of isocyanates is 1. The van der Waals surface area contributed by atoms with Crippen LogP contribution in [-0.2, 0) is 20.7 Å². The topological polar surface area (TPSA) is 65.0 Å². The van der Waals surface area contributed by atoms with Crippen LogP contribution in [0, 0.1) is 0 Å². The summed E-state index contributed by atoms with van der Waals surface area (Å²) in [7, 11) is -0.363. The number of hydrogen-bond acceptors (Lipinski definition) is 5. The van der Waals surface area contributed by atoms with Crippen molar-refractivity contribution in [2.45, 2.75) is 32.1 Å². The number of ether oxygens (including phenoxy) is 1. The van der Waals surface area contributed by atoms with Crippen LogP contribution in [0.1, 0.15) is 5.56 Å². The minimum absolute atomic E-state index is 0.301. The smallest absolute Gasteiger partial charge is 0.331 e. The molecule has 0 aliphatic carbocycles. The summed E-state index contributed by atoms with van der Waals surface area (Å²) in [5.41, 5.74) is 0.877. The molecule has 1 aromatic carbocycles. The minimum atomic E-state index is -1.63. The van der Waals surface area contributed by atoms with Crippen LogP contribution in [0.5, 0.6) is 5.75 Å². The molecular formula is C14H19NO4Si. The fourth-order valence-corrected chi connectivity index (χ4v) is 2.49. The summed E-state index contributed by atoms with van der Waals surface area (Å²) in [6.45, 7) is 6.31. The molecule has 1 aromatic rings. The molecule has 0 spiro atoms. The number of carbonyl (C=O) groups excluding carboxylic acids is 2. The van der Waals surface area contributed by atoms with Gasteiger partial charge in [-0.15, -0.1) is 0 Å². The Morgan fingerprint density at radius 1 is 1.30 bits per heavy atom. The first-order valence-electron chi connectivity index (χ1n) is 6.28. The fraction of sp³-hybridized carbons (Fsp3) is 0.429. The molecule has 6 heteroatoms. The van der Waals surface area contributed by atoms with Crippen molar-refractivity contribution in [2.24, 2.45) is 4.99 Å². The summed E-state index contributed by atoms with van der Waals surface area (Å²) >= 11 is 0. The normalized spacial score (nSPS) is 12.2. The van der Waals surface area contributed by atoms with Gasteiger partial charge in [-0.25, -0.2) is 9.59 Å². The van der Waals surface area contributed by atoms with Crippen molar-refractivity contribution in [2.75, 3.05) is 7.11 Å². The standard InChI is InChI=1S/C14H19NO4Si/c1-18-14(17)13(15-10-16)9-11-5-7-12(8-6-11)19-20(2,3)4/h5-8,13H,9H2,1-4H3. The first-order chi connectivity index (χ1) is 9.35. The third-order valence-electron chi connectivity index (χ3n) is 2.46. The van der Waals surface area contributed by atoms with E-state index in [1.54, 1.807) is 0 Å². The van der Waals surface area contributed by atoms with Crippen LogP contribution in [0.25, 0.3) is 0 Å². The van der Waals surface area contributed by atoms with E-state index in [1.807, 2.05) is 24.3 Å². The zero-order valence-electron chi connectivity index (χ0n) is 12.2. The first kappa shape index (κ1) is 16.1. The number of hydrogen-bond donors (Lipinski definition) is 0. The van der Waals surface area contributed by atoms with Gasteiger partial charge in [-0.3, -0.25) is 0 Å². The lowest BCUT2D eigenvalue weighted by Gasteiger charge is -2.19. The highest BCUT2D eigenvalue weighted by molar-refractivity contribution is 6.70. The lowest BCUT2D eigenvalue weighted by molar-refractivity contribution is -0.142. The third-order valence-corrected chi connectivity index (χ3v) is 3.31. The monoisotopic (exact) mass is 293 g/mol. The van der Waals surface area contributed by atoms with E-state index in [9.17, 15) is 9.59 Å². The average Bonchev–Trinajstić information content (AvgIpc) is 2.38. The molecule has 0 saturated heterocycles. The Bertz CT molecular complexity index is 501. The Morgan fingerprint density at radius 3 is 2.35 bits per heavy atom. The Balaban J connectivity index is 2.77. The molecule has 108 valence electrons. The molecule has 0 aliphatic rings. The molecule has 0 N–H and O–H groups in total. The van der Waals surface area contributed by atoms with Gasteiger partial charge in [-0.1, -0.05) is 12.1 Å². The van der Waals surface area contributed by atoms with Gasteiger partial charge in [-0.05, 0) is 37.3 Å². The Labute approximate surface area is 119 Å². The van der Waals surface area contributed by atoms with Crippen molar-refractivity contribution in [1.82, 2.24) is 0 Å². The van der Waals surface area contributed by atoms with Gasteiger partial charge in [0, 0.05) is 6.42 Å². The third kappa shape index (κ3) is 5.38. The van der Waals surface area contributed by atoms with Crippen molar-refractivity contribution in [3.63, 3.8) is 0 Å². The van der Waals surface area contributed by atoms with Crippen LogP contribution in [0.4, 0.5) is 0 Å². The van der Waals surface area contributed by atoms with Crippen molar-refractivity contribution in [3.8, 4) is 5.75 Å². The maximum absolute atomic E-state index is 11.4. The van der Waals surface area contributed by atoms with Gasteiger partial charge in [-0.2, -0.15) is 4.99 Å². The van der Waals surface area contributed by atoms with Crippen molar-refractivity contribution in [3.05, 3.63) is 29.8 Å². The highest BCUT2D eigenvalue weighted by Crippen LogP contribution is 2.18. The highest BCUT2D eigenvalue weighted by Gasteiger charge is 2.19. The molecule has 0 bridgehead atoms. The molecule has 1 atom stereocenters.